The second-order valence-corrected chi connectivity index (χ2v) is 4.30. The molecule has 0 spiro atoms. The van der Waals surface area contributed by atoms with Gasteiger partial charge in [0.05, 0.1) is 6.20 Å². The molecule has 2 rings (SSSR count). The van der Waals surface area contributed by atoms with E-state index < -0.39 is 0 Å². The molecule has 90 valence electrons. The number of aryl methyl sites for hydroxylation is 2. The highest BCUT2D eigenvalue weighted by atomic mass is 15.3. The van der Waals surface area contributed by atoms with Gasteiger partial charge < -0.3 is 5.73 Å². The molecule has 0 aromatic carbocycles. The first kappa shape index (κ1) is 11.7. The SMILES string of the molecule is Cc1cc(-n2ncc(C(C)N)c2C)nc(C)n1. The van der Waals surface area contributed by atoms with Crippen LogP contribution >= 0.6 is 0 Å². The van der Waals surface area contributed by atoms with Crippen molar-refractivity contribution in [1.82, 2.24) is 19.7 Å². The van der Waals surface area contributed by atoms with Crippen LogP contribution in [0.2, 0.25) is 0 Å². The lowest BCUT2D eigenvalue weighted by atomic mass is 10.1. The second-order valence-electron chi connectivity index (χ2n) is 4.30. The van der Waals surface area contributed by atoms with E-state index in [-0.39, 0.29) is 6.04 Å². The summed E-state index contributed by atoms with van der Waals surface area (Å²) in [6.45, 7) is 7.77. The number of hydrogen-bond acceptors (Lipinski definition) is 4. The molecule has 2 aromatic rings. The predicted molar refractivity (Wildman–Crippen MR) is 66.0 cm³/mol. The highest BCUT2D eigenvalue weighted by molar-refractivity contribution is 5.30. The molecule has 0 fully saturated rings. The highest BCUT2D eigenvalue weighted by Gasteiger charge is 2.12. The minimum absolute atomic E-state index is 0.0206. The van der Waals surface area contributed by atoms with Crippen molar-refractivity contribution in [2.45, 2.75) is 33.7 Å². The van der Waals surface area contributed by atoms with E-state index in [1.165, 1.54) is 0 Å². The fourth-order valence-electron chi connectivity index (χ4n) is 1.91. The van der Waals surface area contributed by atoms with Crippen LogP contribution in [0.15, 0.2) is 12.3 Å². The van der Waals surface area contributed by atoms with Crippen LogP contribution in [0.3, 0.4) is 0 Å². The maximum Gasteiger partial charge on any atom is 0.157 e. The molecule has 0 bridgehead atoms. The van der Waals surface area contributed by atoms with Gasteiger partial charge in [-0.05, 0) is 27.7 Å². The Morgan fingerprint density at radius 2 is 1.94 bits per heavy atom. The van der Waals surface area contributed by atoms with Gasteiger partial charge in [0.15, 0.2) is 5.82 Å². The van der Waals surface area contributed by atoms with Gasteiger partial charge >= 0.3 is 0 Å². The van der Waals surface area contributed by atoms with E-state index >= 15 is 0 Å². The van der Waals surface area contributed by atoms with Crippen molar-refractivity contribution in [1.29, 1.82) is 0 Å². The summed E-state index contributed by atoms with van der Waals surface area (Å²) in [6, 6.07) is 1.89. The van der Waals surface area contributed by atoms with E-state index in [1.54, 1.807) is 10.9 Å². The van der Waals surface area contributed by atoms with Crippen LogP contribution in [-0.2, 0) is 0 Å². The number of nitrogens with zero attached hydrogens (tertiary/aromatic N) is 4. The van der Waals surface area contributed by atoms with Crippen LogP contribution in [0.25, 0.3) is 5.82 Å². The molecule has 0 aliphatic rings. The third-order valence-corrected chi connectivity index (χ3v) is 2.71. The quantitative estimate of drug-likeness (QED) is 0.852. The Bertz CT molecular complexity index is 522. The van der Waals surface area contributed by atoms with Gasteiger partial charge in [0.1, 0.15) is 5.82 Å². The highest BCUT2D eigenvalue weighted by Crippen LogP contribution is 2.17. The first-order valence-electron chi connectivity index (χ1n) is 5.62. The molecule has 0 aliphatic carbocycles. The van der Waals surface area contributed by atoms with Crippen molar-refractivity contribution in [2.75, 3.05) is 0 Å². The van der Waals surface area contributed by atoms with Gasteiger partial charge in [-0.1, -0.05) is 0 Å². The Balaban J connectivity index is 2.53. The number of aromatic nitrogens is 4. The molecular formula is C12H17N5. The van der Waals surface area contributed by atoms with Crippen molar-refractivity contribution < 1.29 is 0 Å². The summed E-state index contributed by atoms with van der Waals surface area (Å²) < 4.78 is 1.81. The van der Waals surface area contributed by atoms with Gasteiger partial charge in [0.25, 0.3) is 0 Å². The molecular weight excluding hydrogens is 214 g/mol. The maximum absolute atomic E-state index is 5.88. The zero-order valence-electron chi connectivity index (χ0n) is 10.6. The number of hydrogen-bond donors (Lipinski definition) is 1. The van der Waals surface area contributed by atoms with Crippen LogP contribution in [0.4, 0.5) is 0 Å². The molecule has 0 radical (unpaired) electrons. The fraction of sp³-hybridized carbons (Fsp3) is 0.417. The fourth-order valence-corrected chi connectivity index (χ4v) is 1.91. The molecule has 2 heterocycles. The molecule has 0 saturated heterocycles. The lowest BCUT2D eigenvalue weighted by Crippen LogP contribution is -2.08. The average molecular weight is 231 g/mol. The molecule has 1 unspecified atom stereocenters. The van der Waals surface area contributed by atoms with Crippen molar-refractivity contribution in [2.24, 2.45) is 5.73 Å². The Morgan fingerprint density at radius 1 is 1.24 bits per heavy atom. The Hall–Kier alpha value is -1.75. The Kier molecular flexibility index (Phi) is 2.93. The van der Waals surface area contributed by atoms with Crippen LogP contribution in [0.1, 0.15) is 35.7 Å². The summed E-state index contributed by atoms with van der Waals surface area (Å²) in [4.78, 5) is 8.64. The van der Waals surface area contributed by atoms with Gasteiger partial charge in [0.2, 0.25) is 0 Å². The van der Waals surface area contributed by atoms with E-state index in [1.807, 2.05) is 33.8 Å². The van der Waals surface area contributed by atoms with Crippen LogP contribution < -0.4 is 5.73 Å². The largest absolute Gasteiger partial charge is 0.324 e. The minimum Gasteiger partial charge on any atom is -0.324 e. The van der Waals surface area contributed by atoms with E-state index in [9.17, 15) is 0 Å². The van der Waals surface area contributed by atoms with Crippen LogP contribution in [0.5, 0.6) is 0 Å². The normalized spacial score (nSPS) is 12.8. The van der Waals surface area contributed by atoms with E-state index in [0.29, 0.717) is 0 Å². The first-order valence-corrected chi connectivity index (χ1v) is 5.62. The molecule has 1 atom stereocenters. The molecule has 2 N–H and O–H groups in total. The van der Waals surface area contributed by atoms with Gasteiger partial charge in [-0.15, -0.1) is 0 Å². The molecule has 0 saturated carbocycles. The lowest BCUT2D eigenvalue weighted by Gasteiger charge is -2.07. The van der Waals surface area contributed by atoms with E-state index in [2.05, 4.69) is 15.1 Å². The van der Waals surface area contributed by atoms with Crippen molar-refractivity contribution in [3.63, 3.8) is 0 Å². The molecule has 0 aliphatic heterocycles. The molecule has 5 heteroatoms. The molecule has 17 heavy (non-hydrogen) atoms. The summed E-state index contributed by atoms with van der Waals surface area (Å²) in [5.74, 6) is 1.54. The lowest BCUT2D eigenvalue weighted by molar-refractivity contribution is 0.778. The van der Waals surface area contributed by atoms with Gasteiger partial charge in [-0.25, -0.2) is 14.6 Å². The van der Waals surface area contributed by atoms with Gasteiger partial charge in [0, 0.05) is 29.1 Å². The Labute approximate surface area is 101 Å². The topological polar surface area (TPSA) is 69.6 Å². The third kappa shape index (κ3) is 2.19. The monoisotopic (exact) mass is 231 g/mol. The molecule has 2 aromatic heterocycles. The second kappa shape index (κ2) is 4.25. The summed E-state index contributed by atoms with van der Waals surface area (Å²) in [5, 5.41) is 4.34. The van der Waals surface area contributed by atoms with Crippen LogP contribution in [0, 0.1) is 20.8 Å². The van der Waals surface area contributed by atoms with Crippen LogP contribution in [-0.4, -0.2) is 19.7 Å². The summed E-state index contributed by atoms with van der Waals surface area (Å²) in [6.07, 6.45) is 1.80. The molecule has 5 nitrogen and oxygen atoms in total. The number of rotatable bonds is 2. The Morgan fingerprint density at radius 3 is 2.47 bits per heavy atom. The smallest absolute Gasteiger partial charge is 0.157 e. The van der Waals surface area contributed by atoms with Gasteiger partial charge in [-0.2, -0.15) is 5.10 Å². The number of nitrogens with two attached hydrogens (primary N) is 1. The standard InChI is InChI=1S/C12H17N5/c1-7-5-12(16-10(4)15-7)17-9(3)11(6-14-17)8(2)13/h5-6,8H,13H2,1-4H3. The van der Waals surface area contributed by atoms with Gasteiger partial charge in [-0.3, -0.25) is 0 Å². The summed E-state index contributed by atoms with van der Waals surface area (Å²) in [7, 11) is 0. The van der Waals surface area contributed by atoms with Crippen molar-refractivity contribution >= 4 is 0 Å². The maximum atomic E-state index is 5.88. The van der Waals surface area contributed by atoms with Crippen molar-refractivity contribution in [3.05, 3.63) is 35.0 Å². The van der Waals surface area contributed by atoms with E-state index in [0.717, 1.165) is 28.6 Å². The zero-order chi connectivity index (χ0) is 12.6. The average Bonchev–Trinajstić information content (AvgIpc) is 2.58. The predicted octanol–water partition coefficient (Wildman–Crippen LogP) is 1.61. The summed E-state index contributed by atoms with van der Waals surface area (Å²) >= 11 is 0. The zero-order valence-corrected chi connectivity index (χ0v) is 10.6. The summed E-state index contributed by atoms with van der Waals surface area (Å²) in [5.41, 5.74) is 8.88. The molecule has 0 amide bonds. The third-order valence-electron chi connectivity index (χ3n) is 2.71. The minimum atomic E-state index is -0.0206. The van der Waals surface area contributed by atoms with Crippen molar-refractivity contribution in [3.8, 4) is 5.82 Å². The van der Waals surface area contributed by atoms with E-state index in [4.69, 9.17) is 5.73 Å². The first-order chi connectivity index (χ1) is 7.99.